The summed E-state index contributed by atoms with van der Waals surface area (Å²) in [6, 6.07) is 9.26. The van der Waals surface area contributed by atoms with Gasteiger partial charge in [0.2, 0.25) is 5.91 Å². The number of nitrogens with one attached hydrogen (secondary N) is 2. The van der Waals surface area contributed by atoms with E-state index < -0.39 is 6.10 Å². The first kappa shape index (κ1) is 13.8. The maximum Gasteiger partial charge on any atom is 0.241 e. The molecule has 0 spiro atoms. The molecule has 1 aromatic carbocycles. The zero-order valence-corrected chi connectivity index (χ0v) is 11.6. The molecular formula is C15H18N4O2. The molecule has 2 unspecified atom stereocenters. The number of β-amino-alcohol motifs (C(OH)–C–C–N with tert-alkyl or cyclic N) is 1. The number of benzene rings is 1. The molecular weight excluding hydrogens is 268 g/mol. The van der Waals surface area contributed by atoms with Crippen LogP contribution in [-0.4, -0.2) is 39.5 Å². The number of aliphatic hydroxyl groups excluding tert-OH is 1. The van der Waals surface area contributed by atoms with Crippen LogP contribution in [0.4, 0.5) is 5.69 Å². The van der Waals surface area contributed by atoms with E-state index in [1.807, 2.05) is 41.2 Å². The first-order chi connectivity index (χ1) is 10.2. The van der Waals surface area contributed by atoms with Crippen LogP contribution in [0.25, 0.3) is 0 Å². The van der Waals surface area contributed by atoms with E-state index >= 15 is 0 Å². The van der Waals surface area contributed by atoms with Gasteiger partial charge < -0.3 is 15.7 Å². The van der Waals surface area contributed by atoms with Gasteiger partial charge in [-0.25, -0.2) is 0 Å². The van der Waals surface area contributed by atoms with Crippen molar-refractivity contribution in [3.8, 4) is 0 Å². The smallest absolute Gasteiger partial charge is 0.241 e. The molecule has 0 bridgehead atoms. The van der Waals surface area contributed by atoms with Crippen molar-refractivity contribution < 1.29 is 9.90 Å². The Morgan fingerprint density at radius 3 is 2.86 bits per heavy atom. The molecule has 1 saturated heterocycles. The van der Waals surface area contributed by atoms with Gasteiger partial charge in [-0.2, -0.15) is 5.10 Å². The van der Waals surface area contributed by atoms with Crippen LogP contribution in [0.1, 0.15) is 12.0 Å². The van der Waals surface area contributed by atoms with Crippen LogP contribution in [0.15, 0.2) is 42.7 Å². The summed E-state index contributed by atoms with van der Waals surface area (Å²) in [4.78, 5) is 12.0. The Kier molecular flexibility index (Phi) is 3.98. The molecule has 0 saturated carbocycles. The Labute approximate surface area is 122 Å². The zero-order valence-electron chi connectivity index (χ0n) is 11.6. The van der Waals surface area contributed by atoms with Crippen LogP contribution >= 0.6 is 0 Å². The van der Waals surface area contributed by atoms with Gasteiger partial charge in [0.1, 0.15) is 0 Å². The molecule has 1 aliphatic heterocycles. The normalized spacial score (nSPS) is 21.4. The summed E-state index contributed by atoms with van der Waals surface area (Å²) < 4.78 is 1.84. The van der Waals surface area contributed by atoms with Crippen molar-refractivity contribution in [3.63, 3.8) is 0 Å². The predicted octanol–water partition coefficient (Wildman–Crippen LogP) is 0.593. The second-order valence-electron chi connectivity index (χ2n) is 5.24. The third-order valence-electron chi connectivity index (χ3n) is 3.55. The minimum Gasteiger partial charge on any atom is -0.392 e. The minimum atomic E-state index is -0.433. The molecule has 1 aromatic heterocycles. The standard InChI is InChI=1S/C15H18N4O2/c20-13-8-14(16-9-13)15(21)18-12-4-2-11(3-5-12)10-19-7-1-6-17-19/h1-7,13-14,16,20H,8-10H2,(H,18,21). The zero-order chi connectivity index (χ0) is 14.7. The van der Waals surface area contributed by atoms with E-state index in [0.717, 1.165) is 11.3 Å². The molecule has 1 fully saturated rings. The number of amides is 1. The molecule has 6 nitrogen and oxygen atoms in total. The van der Waals surface area contributed by atoms with Gasteiger partial charge in [0.15, 0.2) is 0 Å². The van der Waals surface area contributed by atoms with Crippen LogP contribution in [0, 0.1) is 0 Å². The second-order valence-corrected chi connectivity index (χ2v) is 5.24. The van der Waals surface area contributed by atoms with Gasteiger partial charge in [0, 0.05) is 24.6 Å². The van der Waals surface area contributed by atoms with Crippen LogP contribution < -0.4 is 10.6 Å². The third kappa shape index (κ3) is 3.48. The molecule has 21 heavy (non-hydrogen) atoms. The Morgan fingerprint density at radius 1 is 1.43 bits per heavy atom. The summed E-state index contributed by atoms with van der Waals surface area (Å²) in [7, 11) is 0. The lowest BCUT2D eigenvalue weighted by atomic mass is 10.1. The van der Waals surface area contributed by atoms with Gasteiger partial charge in [-0.1, -0.05) is 12.1 Å². The average molecular weight is 286 g/mol. The maximum absolute atomic E-state index is 12.0. The topological polar surface area (TPSA) is 79.2 Å². The molecule has 0 aliphatic carbocycles. The number of carbonyl (C=O) groups is 1. The fourth-order valence-electron chi connectivity index (χ4n) is 2.42. The van der Waals surface area contributed by atoms with Gasteiger partial charge in [-0.3, -0.25) is 9.48 Å². The van der Waals surface area contributed by atoms with Crippen molar-refractivity contribution in [2.75, 3.05) is 11.9 Å². The molecule has 2 atom stereocenters. The number of rotatable bonds is 4. The van der Waals surface area contributed by atoms with E-state index in [1.165, 1.54) is 0 Å². The highest BCUT2D eigenvalue weighted by Crippen LogP contribution is 2.13. The van der Waals surface area contributed by atoms with Gasteiger partial charge in [0.05, 0.1) is 18.7 Å². The number of aliphatic hydroxyl groups is 1. The monoisotopic (exact) mass is 286 g/mol. The summed E-state index contributed by atoms with van der Waals surface area (Å²) in [6.45, 7) is 1.18. The summed E-state index contributed by atoms with van der Waals surface area (Å²) in [5.74, 6) is -0.105. The third-order valence-corrected chi connectivity index (χ3v) is 3.55. The first-order valence-corrected chi connectivity index (χ1v) is 6.99. The van der Waals surface area contributed by atoms with Crippen molar-refractivity contribution in [1.82, 2.24) is 15.1 Å². The molecule has 3 N–H and O–H groups in total. The average Bonchev–Trinajstić information content (AvgIpc) is 3.12. The van der Waals surface area contributed by atoms with E-state index in [4.69, 9.17) is 0 Å². The van der Waals surface area contributed by atoms with Gasteiger partial charge >= 0.3 is 0 Å². The number of aromatic nitrogens is 2. The van der Waals surface area contributed by atoms with E-state index in [1.54, 1.807) is 6.20 Å². The van der Waals surface area contributed by atoms with Crippen LogP contribution in [0.2, 0.25) is 0 Å². The van der Waals surface area contributed by atoms with Crippen LogP contribution in [0.3, 0.4) is 0 Å². The summed E-state index contributed by atoms with van der Waals surface area (Å²) >= 11 is 0. The number of anilines is 1. The molecule has 1 amide bonds. The summed E-state index contributed by atoms with van der Waals surface area (Å²) in [5, 5.41) is 19.4. The molecule has 2 heterocycles. The van der Waals surface area contributed by atoms with Crippen LogP contribution in [-0.2, 0) is 11.3 Å². The largest absolute Gasteiger partial charge is 0.392 e. The van der Waals surface area contributed by atoms with Crippen molar-refractivity contribution in [2.45, 2.75) is 25.1 Å². The van der Waals surface area contributed by atoms with Gasteiger partial charge in [-0.05, 0) is 30.2 Å². The molecule has 2 aromatic rings. The van der Waals surface area contributed by atoms with Gasteiger partial charge in [-0.15, -0.1) is 0 Å². The fourth-order valence-corrected chi connectivity index (χ4v) is 2.42. The highest BCUT2D eigenvalue weighted by Gasteiger charge is 2.27. The van der Waals surface area contributed by atoms with E-state index in [9.17, 15) is 9.90 Å². The lowest BCUT2D eigenvalue weighted by Crippen LogP contribution is -2.35. The van der Waals surface area contributed by atoms with E-state index in [0.29, 0.717) is 19.5 Å². The summed E-state index contributed by atoms with van der Waals surface area (Å²) in [5.41, 5.74) is 1.87. The number of hydrogen-bond donors (Lipinski definition) is 3. The summed E-state index contributed by atoms with van der Waals surface area (Å²) in [6.07, 6.45) is 3.69. The Balaban J connectivity index is 1.58. The minimum absolute atomic E-state index is 0.105. The SMILES string of the molecule is O=C(Nc1ccc(Cn2cccn2)cc1)C1CC(O)CN1. The number of nitrogens with zero attached hydrogens (tertiary/aromatic N) is 2. The highest BCUT2D eigenvalue weighted by molar-refractivity contribution is 5.95. The van der Waals surface area contributed by atoms with Crippen LogP contribution in [0.5, 0.6) is 0 Å². The second kappa shape index (κ2) is 6.07. The van der Waals surface area contributed by atoms with Gasteiger partial charge in [0.25, 0.3) is 0 Å². The Morgan fingerprint density at radius 2 is 2.24 bits per heavy atom. The lowest BCUT2D eigenvalue weighted by Gasteiger charge is -2.11. The predicted molar refractivity (Wildman–Crippen MR) is 78.8 cm³/mol. The van der Waals surface area contributed by atoms with Crippen molar-refractivity contribution >= 4 is 11.6 Å². The van der Waals surface area contributed by atoms with E-state index in [2.05, 4.69) is 15.7 Å². The fraction of sp³-hybridized carbons (Fsp3) is 0.333. The number of carbonyl (C=O) groups excluding carboxylic acids is 1. The molecule has 1 aliphatic rings. The van der Waals surface area contributed by atoms with E-state index in [-0.39, 0.29) is 11.9 Å². The molecule has 0 radical (unpaired) electrons. The number of hydrogen-bond acceptors (Lipinski definition) is 4. The molecule has 3 rings (SSSR count). The van der Waals surface area contributed by atoms with Crippen molar-refractivity contribution in [2.24, 2.45) is 0 Å². The highest BCUT2D eigenvalue weighted by atomic mass is 16.3. The van der Waals surface area contributed by atoms with Crippen molar-refractivity contribution in [3.05, 3.63) is 48.3 Å². The quantitative estimate of drug-likeness (QED) is 0.769. The molecule has 6 heteroatoms. The van der Waals surface area contributed by atoms with Crippen molar-refractivity contribution in [1.29, 1.82) is 0 Å². The maximum atomic E-state index is 12.0. The Hall–Kier alpha value is -2.18. The lowest BCUT2D eigenvalue weighted by molar-refractivity contribution is -0.117. The first-order valence-electron chi connectivity index (χ1n) is 6.99. The Bertz CT molecular complexity index is 595. The molecule has 110 valence electrons.